The first-order valence-electron chi connectivity index (χ1n) is 9.98. The number of benzene rings is 2. The zero-order valence-corrected chi connectivity index (χ0v) is 17.9. The molecule has 1 fully saturated rings. The molecule has 4 rings (SSSR count). The molecule has 2 aliphatic rings. The van der Waals surface area contributed by atoms with Crippen LogP contribution in [0, 0.1) is 18.8 Å². The van der Waals surface area contributed by atoms with Gasteiger partial charge in [-0.25, -0.2) is 0 Å². The number of hydrogen-bond donors (Lipinski definition) is 1. The Labute approximate surface area is 178 Å². The van der Waals surface area contributed by atoms with E-state index in [1.165, 1.54) is 4.90 Å². The van der Waals surface area contributed by atoms with E-state index in [2.05, 4.69) is 21.2 Å². The number of halogens is 1. The number of hydrogen-bond acceptors (Lipinski definition) is 3. The van der Waals surface area contributed by atoms with Crippen molar-refractivity contribution in [2.45, 2.75) is 32.6 Å². The lowest BCUT2D eigenvalue weighted by molar-refractivity contribution is -0.122. The van der Waals surface area contributed by atoms with E-state index in [-0.39, 0.29) is 29.6 Å². The lowest BCUT2D eigenvalue weighted by Crippen LogP contribution is -2.41. The summed E-state index contributed by atoms with van der Waals surface area (Å²) >= 11 is 3.51. The topological polar surface area (TPSA) is 66.5 Å². The third-order valence-electron chi connectivity index (χ3n) is 5.92. The molecule has 2 atom stereocenters. The molecule has 0 spiro atoms. The molecule has 0 radical (unpaired) electrons. The van der Waals surface area contributed by atoms with E-state index in [1.54, 1.807) is 24.3 Å². The van der Waals surface area contributed by atoms with Gasteiger partial charge in [0.25, 0.3) is 11.8 Å². The summed E-state index contributed by atoms with van der Waals surface area (Å²) in [6.07, 6.45) is 3.58. The van der Waals surface area contributed by atoms with Gasteiger partial charge in [0.1, 0.15) is 0 Å². The molecule has 6 heteroatoms. The summed E-state index contributed by atoms with van der Waals surface area (Å²) < 4.78 is 0.846. The maximum Gasteiger partial charge on any atom is 0.261 e. The van der Waals surface area contributed by atoms with Gasteiger partial charge in [0.05, 0.1) is 16.8 Å². The van der Waals surface area contributed by atoms with Crippen molar-refractivity contribution >= 4 is 39.3 Å². The van der Waals surface area contributed by atoms with Crippen LogP contribution in [0.4, 0.5) is 5.69 Å². The molecule has 0 aromatic heterocycles. The second kappa shape index (κ2) is 8.11. The summed E-state index contributed by atoms with van der Waals surface area (Å²) in [4.78, 5) is 39.8. The third-order valence-corrected chi connectivity index (χ3v) is 6.58. The van der Waals surface area contributed by atoms with Gasteiger partial charge in [-0.15, -0.1) is 0 Å². The van der Waals surface area contributed by atoms with Gasteiger partial charge in [-0.3, -0.25) is 19.3 Å². The van der Waals surface area contributed by atoms with E-state index in [4.69, 9.17) is 0 Å². The second-order valence-corrected chi connectivity index (χ2v) is 8.74. The first-order chi connectivity index (χ1) is 14.0. The normalized spacial score (nSPS) is 21.2. The largest absolute Gasteiger partial charge is 0.325 e. The van der Waals surface area contributed by atoms with Crippen molar-refractivity contribution in [1.29, 1.82) is 0 Å². The molecular formula is C23H23BrN2O3. The van der Waals surface area contributed by atoms with Crippen LogP contribution in [0.3, 0.4) is 0 Å². The Bertz CT molecular complexity index is 953. The number of nitrogens with zero attached hydrogens (tertiary/aromatic N) is 1. The summed E-state index contributed by atoms with van der Waals surface area (Å²) in [7, 11) is 0. The number of nitrogens with one attached hydrogen (secondary N) is 1. The van der Waals surface area contributed by atoms with Gasteiger partial charge in [0, 0.05) is 16.9 Å². The lowest BCUT2D eigenvalue weighted by Gasteiger charge is -2.33. The van der Waals surface area contributed by atoms with Gasteiger partial charge in [0.15, 0.2) is 0 Å². The first-order valence-corrected chi connectivity index (χ1v) is 10.8. The summed E-state index contributed by atoms with van der Waals surface area (Å²) in [6.45, 7) is 2.29. The predicted molar refractivity (Wildman–Crippen MR) is 115 cm³/mol. The molecular weight excluding hydrogens is 432 g/mol. The van der Waals surface area contributed by atoms with E-state index in [0.717, 1.165) is 41.4 Å². The highest BCUT2D eigenvalue weighted by Crippen LogP contribution is 2.34. The first kappa shape index (κ1) is 19.8. The summed E-state index contributed by atoms with van der Waals surface area (Å²) in [5, 5.41) is 3.03. The van der Waals surface area contributed by atoms with Gasteiger partial charge >= 0.3 is 0 Å². The molecule has 150 valence electrons. The highest BCUT2D eigenvalue weighted by Gasteiger charge is 2.40. The van der Waals surface area contributed by atoms with Crippen molar-refractivity contribution in [3.05, 3.63) is 63.6 Å². The SMILES string of the molecule is Cc1ccc(NC(=O)C2CCCCC2CN2C(=O)c3ccccc3C2=O)c(Br)c1. The molecule has 5 nitrogen and oxygen atoms in total. The minimum atomic E-state index is -0.253. The van der Waals surface area contributed by atoms with Gasteiger partial charge in [-0.2, -0.15) is 0 Å². The van der Waals surface area contributed by atoms with Gasteiger partial charge < -0.3 is 5.32 Å². The van der Waals surface area contributed by atoms with Crippen LogP contribution in [-0.4, -0.2) is 29.2 Å². The van der Waals surface area contributed by atoms with Crippen LogP contribution in [0.15, 0.2) is 46.9 Å². The zero-order chi connectivity index (χ0) is 20.5. The minimum Gasteiger partial charge on any atom is -0.325 e. The molecule has 2 unspecified atom stereocenters. The number of rotatable bonds is 4. The molecule has 0 bridgehead atoms. The van der Waals surface area contributed by atoms with Crippen LogP contribution < -0.4 is 5.32 Å². The highest BCUT2D eigenvalue weighted by atomic mass is 79.9. The number of carbonyl (C=O) groups excluding carboxylic acids is 3. The fourth-order valence-corrected chi connectivity index (χ4v) is 4.95. The van der Waals surface area contributed by atoms with Crippen LogP contribution in [0.25, 0.3) is 0 Å². The number of carbonyl (C=O) groups is 3. The molecule has 1 N–H and O–H groups in total. The molecule has 2 aromatic rings. The molecule has 1 heterocycles. The Morgan fingerprint density at radius 3 is 2.38 bits per heavy atom. The second-order valence-electron chi connectivity index (χ2n) is 7.89. The fourth-order valence-electron chi connectivity index (χ4n) is 4.36. The van der Waals surface area contributed by atoms with Crippen LogP contribution in [0.5, 0.6) is 0 Å². The molecule has 1 saturated carbocycles. The van der Waals surface area contributed by atoms with E-state index < -0.39 is 0 Å². The average molecular weight is 455 g/mol. The Morgan fingerprint density at radius 2 is 1.72 bits per heavy atom. The van der Waals surface area contributed by atoms with Gasteiger partial charge in [-0.05, 0) is 71.4 Å². The Hall–Kier alpha value is -2.47. The lowest BCUT2D eigenvalue weighted by atomic mass is 9.78. The van der Waals surface area contributed by atoms with Crippen molar-refractivity contribution in [1.82, 2.24) is 4.90 Å². The minimum absolute atomic E-state index is 0.0322. The Balaban J connectivity index is 1.50. The molecule has 29 heavy (non-hydrogen) atoms. The van der Waals surface area contributed by atoms with Crippen molar-refractivity contribution in [3.63, 3.8) is 0 Å². The molecule has 1 aliphatic carbocycles. The zero-order valence-electron chi connectivity index (χ0n) is 16.3. The number of imide groups is 1. The monoisotopic (exact) mass is 454 g/mol. The van der Waals surface area contributed by atoms with Gasteiger partial charge in [0.2, 0.25) is 5.91 Å². The maximum atomic E-state index is 13.0. The van der Waals surface area contributed by atoms with Crippen molar-refractivity contribution in [2.75, 3.05) is 11.9 Å². The quantitative estimate of drug-likeness (QED) is 0.674. The smallest absolute Gasteiger partial charge is 0.261 e. The standard InChI is InChI=1S/C23H23BrN2O3/c1-14-10-11-20(19(24)12-14)25-21(27)16-7-3-2-6-15(16)13-26-22(28)17-8-4-5-9-18(17)23(26)29/h4-5,8-12,15-16H,2-3,6-7,13H2,1H3,(H,25,27). The number of amides is 3. The van der Waals surface area contributed by atoms with E-state index in [9.17, 15) is 14.4 Å². The van der Waals surface area contributed by atoms with Crippen LogP contribution in [0.2, 0.25) is 0 Å². The van der Waals surface area contributed by atoms with Crippen molar-refractivity contribution < 1.29 is 14.4 Å². The maximum absolute atomic E-state index is 13.0. The fraction of sp³-hybridized carbons (Fsp3) is 0.348. The summed E-state index contributed by atoms with van der Waals surface area (Å²) in [5.74, 6) is -0.805. The summed E-state index contributed by atoms with van der Waals surface area (Å²) in [6, 6.07) is 12.7. The third kappa shape index (κ3) is 3.86. The van der Waals surface area contributed by atoms with Crippen LogP contribution in [0.1, 0.15) is 52.0 Å². The highest BCUT2D eigenvalue weighted by molar-refractivity contribution is 9.10. The Morgan fingerprint density at radius 1 is 1.07 bits per heavy atom. The summed E-state index contributed by atoms with van der Waals surface area (Å²) in [5.41, 5.74) is 2.76. The number of fused-ring (bicyclic) bond motifs is 1. The predicted octanol–water partition coefficient (Wildman–Crippen LogP) is 4.80. The van der Waals surface area contributed by atoms with E-state index >= 15 is 0 Å². The average Bonchev–Trinajstić information content (AvgIpc) is 2.96. The van der Waals surface area contributed by atoms with E-state index in [1.807, 2.05) is 25.1 Å². The van der Waals surface area contributed by atoms with Crippen molar-refractivity contribution in [3.8, 4) is 0 Å². The molecule has 0 saturated heterocycles. The van der Waals surface area contributed by atoms with Crippen LogP contribution in [-0.2, 0) is 4.79 Å². The number of aryl methyl sites for hydroxylation is 1. The molecule has 1 aliphatic heterocycles. The van der Waals surface area contributed by atoms with E-state index in [0.29, 0.717) is 17.7 Å². The Kier molecular flexibility index (Phi) is 5.54. The van der Waals surface area contributed by atoms with Gasteiger partial charge in [-0.1, -0.05) is 31.0 Å². The van der Waals surface area contributed by atoms with Crippen LogP contribution >= 0.6 is 15.9 Å². The van der Waals surface area contributed by atoms with Crippen molar-refractivity contribution in [2.24, 2.45) is 11.8 Å². The molecule has 3 amide bonds. The number of anilines is 1. The molecule has 2 aromatic carbocycles.